The Labute approximate surface area is 156 Å². The highest BCUT2D eigenvalue weighted by molar-refractivity contribution is 6.47. The Bertz CT molecular complexity index is 690. The van der Waals surface area contributed by atoms with Crippen LogP contribution in [0, 0.1) is 28.6 Å². The minimum Gasteiger partial charge on any atom is -0.404 e. The van der Waals surface area contributed by atoms with Crippen molar-refractivity contribution in [2.24, 2.45) is 23.0 Å². The molecule has 1 heterocycles. The van der Waals surface area contributed by atoms with E-state index in [9.17, 15) is 0 Å². The van der Waals surface area contributed by atoms with Crippen molar-refractivity contribution in [2.75, 3.05) is 0 Å². The van der Waals surface area contributed by atoms with Gasteiger partial charge in [0.2, 0.25) is 0 Å². The zero-order valence-electron chi connectivity index (χ0n) is 15.1. The number of nitriles is 1. The van der Waals surface area contributed by atoms with E-state index in [1.54, 1.807) is 0 Å². The van der Waals surface area contributed by atoms with Crippen molar-refractivity contribution in [2.45, 2.75) is 57.7 Å². The molecule has 1 saturated heterocycles. The summed E-state index contributed by atoms with van der Waals surface area (Å²) in [6.45, 7) is 6.94. The minimum atomic E-state index is -0.342. The maximum Gasteiger partial charge on any atom is 0.475 e. The molecule has 4 aliphatic rings. The van der Waals surface area contributed by atoms with E-state index in [-0.39, 0.29) is 37.2 Å². The van der Waals surface area contributed by atoms with Gasteiger partial charge in [-0.15, -0.1) is 12.4 Å². The molecule has 134 valence electrons. The maximum atomic E-state index is 8.89. The Morgan fingerprint density at radius 1 is 1.28 bits per heavy atom. The lowest BCUT2D eigenvalue weighted by molar-refractivity contribution is -0.199. The monoisotopic (exact) mass is 360 g/mol. The quantitative estimate of drug-likeness (QED) is 0.841. The summed E-state index contributed by atoms with van der Waals surface area (Å²) in [6.07, 6.45) is 3.20. The van der Waals surface area contributed by atoms with E-state index < -0.39 is 0 Å². The van der Waals surface area contributed by atoms with E-state index >= 15 is 0 Å². The third kappa shape index (κ3) is 2.80. The molecular formula is C19H26BClN2O2. The minimum absolute atomic E-state index is 0. The van der Waals surface area contributed by atoms with Crippen LogP contribution in [0.25, 0.3) is 0 Å². The normalized spacial score (nSPS) is 35.8. The van der Waals surface area contributed by atoms with Crippen molar-refractivity contribution in [3.63, 3.8) is 0 Å². The molecule has 3 saturated carbocycles. The van der Waals surface area contributed by atoms with Crippen LogP contribution in [0.2, 0.25) is 0 Å². The second-order valence-electron chi connectivity index (χ2n) is 8.51. The van der Waals surface area contributed by atoms with Gasteiger partial charge in [-0.1, -0.05) is 26.0 Å². The van der Waals surface area contributed by atoms with Gasteiger partial charge in [-0.25, -0.2) is 0 Å². The third-order valence-corrected chi connectivity index (χ3v) is 6.87. The average Bonchev–Trinajstić information content (AvgIpc) is 2.92. The van der Waals surface area contributed by atoms with Gasteiger partial charge < -0.3 is 15.0 Å². The fourth-order valence-corrected chi connectivity index (χ4v) is 5.17. The molecular weight excluding hydrogens is 334 g/mol. The Hall–Kier alpha value is -1.06. The zero-order valence-corrected chi connectivity index (χ0v) is 15.9. The van der Waals surface area contributed by atoms with Gasteiger partial charge in [-0.3, -0.25) is 0 Å². The van der Waals surface area contributed by atoms with Gasteiger partial charge in [0.15, 0.2) is 0 Å². The van der Waals surface area contributed by atoms with E-state index in [1.807, 2.05) is 24.3 Å². The molecule has 2 N–H and O–H groups in total. The summed E-state index contributed by atoms with van der Waals surface area (Å²) in [5.41, 5.74) is 8.33. The lowest BCUT2D eigenvalue weighted by Gasteiger charge is -2.64. The van der Waals surface area contributed by atoms with Crippen molar-refractivity contribution >= 4 is 19.5 Å². The molecule has 6 heteroatoms. The second kappa shape index (κ2) is 6.28. The largest absolute Gasteiger partial charge is 0.475 e. The molecule has 5 rings (SSSR count). The smallest absolute Gasteiger partial charge is 0.404 e. The van der Waals surface area contributed by atoms with Gasteiger partial charge in [0, 0.05) is 5.94 Å². The van der Waals surface area contributed by atoms with Gasteiger partial charge in [0.1, 0.15) is 0 Å². The molecule has 0 spiro atoms. The van der Waals surface area contributed by atoms with Crippen molar-refractivity contribution in [3.05, 3.63) is 35.4 Å². The molecule has 2 bridgehead atoms. The molecule has 1 aromatic carbocycles. The van der Waals surface area contributed by atoms with Crippen LogP contribution in [0.3, 0.4) is 0 Å². The molecule has 5 atom stereocenters. The Morgan fingerprint density at radius 2 is 1.96 bits per heavy atom. The fourth-order valence-electron chi connectivity index (χ4n) is 5.17. The van der Waals surface area contributed by atoms with Gasteiger partial charge >= 0.3 is 7.12 Å². The van der Waals surface area contributed by atoms with Gasteiger partial charge in [-0.05, 0) is 61.1 Å². The van der Waals surface area contributed by atoms with Crippen LogP contribution in [0.4, 0.5) is 0 Å². The van der Waals surface area contributed by atoms with Crippen LogP contribution in [-0.4, -0.2) is 24.8 Å². The van der Waals surface area contributed by atoms with Crippen molar-refractivity contribution in [1.29, 1.82) is 5.26 Å². The van der Waals surface area contributed by atoms with E-state index in [2.05, 4.69) is 26.8 Å². The molecule has 3 aliphatic carbocycles. The molecule has 0 radical (unpaired) electrons. The summed E-state index contributed by atoms with van der Waals surface area (Å²) in [6, 6.07) is 9.72. The van der Waals surface area contributed by atoms with Crippen LogP contribution in [0.15, 0.2) is 24.3 Å². The second-order valence-corrected chi connectivity index (χ2v) is 8.51. The summed E-state index contributed by atoms with van der Waals surface area (Å²) >= 11 is 0. The molecule has 0 amide bonds. The van der Waals surface area contributed by atoms with Crippen molar-refractivity contribution in [1.82, 2.24) is 0 Å². The van der Waals surface area contributed by atoms with E-state index in [0.717, 1.165) is 17.9 Å². The first kappa shape index (κ1) is 18.7. The highest BCUT2D eigenvalue weighted by Crippen LogP contribution is 2.65. The molecule has 1 aromatic rings. The standard InChI is InChI=1S/C19H25BN2O2.ClH/c1-18(2)14-9-15(18)19(3)16(10-14)23-20(24-19)17(22)8-12-4-6-13(11-21)7-5-12;/h4-7,14-17H,8-10,22H2,1-3H3;1H/t14-,15-,16+,17?,19-;/m0./s1. The molecule has 4 nitrogen and oxygen atoms in total. The lowest BCUT2D eigenvalue weighted by atomic mass is 9.43. The third-order valence-electron chi connectivity index (χ3n) is 6.87. The summed E-state index contributed by atoms with van der Waals surface area (Å²) in [5.74, 6) is 1.11. The topological polar surface area (TPSA) is 68.3 Å². The Morgan fingerprint density at radius 3 is 2.56 bits per heavy atom. The predicted octanol–water partition coefficient (Wildman–Crippen LogP) is 3.12. The highest BCUT2D eigenvalue weighted by atomic mass is 35.5. The van der Waals surface area contributed by atoms with Gasteiger partial charge in [0.25, 0.3) is 0 Å². The van der Waals surface area contributed by atoms with E-state index in [0.29, 0.717) is 23.3 Å². The zero-order chi connectivity index (χ0) is 17.1. The number of rotatable bonds is 3. The molecule has 1 aliphatic heterocycles. The number of nitrogens with zero attached hydrogens (tertiary/aromatic N) is 1. The van der Waals surface area contributed by atoms with E-state index in [1.165, 1.54) is 6.42 Å². The van der Waals surface area contributed by atoms with Crippen LogP contribution in [0.1, 0.15) is 44.7 Å². The molecule has 4 fully saturated rings. The van der Waals surface area contributed by atoms with Crippen LogP contribution >= 0.6 is 12.4 Å². The Balaban J connectivity index is 0.00000182. The van der Waals surface area contributed by atoms with Crippen LogP contribution in [-0.2, 0) is 15.7 Å². The van der Waals surface area contributed by atoms with Gasteiger partial charge in [0.05, 0.1) is 23.3 Å². The van der Waals surface area contributed by atoms with Crippen LogP contribution in [0.5, 0.6) is 0 Å². The molecule has 1 unspecified atom stereocenters. The number of hydrogen-bond donors (Lipinski definition) is 1. The van der Waals surface area contributed by atoms with Gasteiger partial charge in [-0.2, -0.15) is 5.26 Å². The van der Waals surface area contributed by atoms with Crippen molar-refractivity contribution < 1.29 is 9.31 Å². The lowest BCUT2D eigenvalue weighted by Crippen LogP contribution is -2.65. The Kier molecular flexibility index (Phi) is 4.70. The maximum absolute atomic E-state index is 8.89. The predicted molar refractivity (Wildman–Crippen MR) is 100 cm³/mol. The number of halogens is 1. The average molecular weight is 361 g/mol. The first-order valence-electron chi connectivity index (χ1n) is 8.92. The SMILES string of the molecule is CC1(C)[C@@H]2C[C@H]3OB(C(N)Cc4ccc(C#N)cc4)O[C@@]3(C)[C@H]1C2.Cl. The first-order valence-corrected chi connectivity index (χ1v) is 8.92. The first-order chi connectivity index (χ1) is 11.3. The summed E-state index contributed by atoms with van der Waals surface area (Å²) in [4.78, 5) is 0. The summed E-state index contributed by atoms with van der Waals surface area (Å²) < 4.78 is 12.7. The highest BCUT2D eigenvalue weighted by Gasteiger charge is 2.68. The summed E-state index contributed by atoms with van der Waals surface area (Å²) in [5, 5.41) is 8.89. The molecule has 25 heavy (non-hydrogen) atoms. The molecule has 0 aromatic heterocycles. The fraction of sp³-hybridized carbons (Fsp3) is 0.632. The van der Waals surface area contributed by atoms with E-state index in [4.69, 9.17) is 20.3 Å². The number of hydrogen-bond acceptors (Lipinski definition) is 4. The van der Waals surface area contributed by atoms with Crippen molar-refractivity contribution in [3.8, 4) is 6.07 Å². The summed E-state index contributed by atoms with van der Waals surface area (Å²) in [7, 11) is -0.342. The number of nitrogens with two attached hydrogens (primary N) is 1. The number of benzene rings is 1. The van der Waals surface area contributed by atoms with Crippen LogP contribution < -0.4 is 5.73 Å².